The van der Waals surface area contributed by atoms with E-state index in [0.717, 1.165) is 18.0 Å². The van der Waals surface area contributed by atoms with Crippen LogP contribution in [0.25, 0.3) is 0 Å². The molecule has 1 aromatic heterocycles. The molecule has 0 aliphatic carbocycles. The number of carbonyl (C=O) groups excluding carboxylic acids is 1. The summed E-state index contributed by atoms with van der Waals surface area (Å²) < 4.78 is 0. The maximum Gasteiger partial charge on any atom is 0.220 e. The molecular weight excluding hydrogens is 222 g/mol. The summed E-state index contributed by atoms with van der Waals surface area (Å²) in [6.45, 7) is 2.69. The number of hydrogen-bond acceptors (Lipinski definition) is 4. The molecule has 1 aliphatic rings. The van der Waals surface area contributed by atoms with Gasteiger partial charge in [0.15, 0.2) is 0 Å². The third-order valence-electron chi connectivity index (χ3n) is 2.82. The number of amides is 1. The zero-order chi connectivity index (χ0) is 11.2. The molecule has 1 saturated heterocycles. The van der Waals surface area contributed by atoms with Gasteiger partial charge in [-0.2, -0.15) is 0 Å². The molecule has 4 nitrogen and oxygen atoms in total. The Kier molecular flexibility index (Phi) is 4.30. The van der Waals surface area contributed by atoms with E-state index in [1.807, 2.05) is 0 Å². The number of thiazole rings is 1. The van der Waals surface area contributed by atoms with E-state index in [1.54, 1.807) is 23.0 Å². The van der Waals surface area contributed by atoms with Gasteiger partial charge in [0.2, 0.25) is 5.91 Å². The van der Waals surface area contributed by atoms with E-state index in [-0.39, 0.29) is 5.91 Å². The minimum Gasteiger partial charge on any atom is -0.351 e. The van der Waals surface area contributed by atoms with Crippen molar-refractivity contribution >= 4 is 17.2 Å². The fourth-order valence-electron chi connectivity index (χ4n) is 1.95. The first kappa shape index (κ1) is 11.5. The number of nitrogens with one attached hydrogen (secondary N) is 2. The number of rotatable bonds is 4. The molecule has 0 bridgehead atoms. The van der Waals surface area contributed by atoms with Gasteiger partial charge in [-0.25, -0.2) is 0 Å². The standard InChI is InChI=1S/C11H17N3OS/c15-11(4-9-2-1-3-12-5-9)14-7-10-6-13-8-16-10/h6,8-9,12H,1-5,7H2,(H,14,15). The van der Waals surface area contributed by atoms with Crippen molar-refractivity contribution in [1.29, 1.82) is 0 Å². The zero-order valence-corrected chi connectivity index (χ0v) is 10.1. The summed E-state index contributed by atoms with van der Waals surface area (Å²) in [6, 6.07) is 0. The molecule has 88 valence electrons. The van der Waals surface area contributed by atoms with Crippen LogP contribution in [0.4, 0.5) is 0 Å². The summed E-state index contributed by atoms with van der Waals surface area (Å²) >= 11 is 1.57. The minimum absolute atomic E-state index is 0.155. The van der Waals surface area contributed by atoms with Gasteiger partial charge in [0.25, 0.3) is 0 Å². The van der Waals surface area contributed by atoms with Gasteiger partial charge in [0.1, 0.15) is 0 Å². The molecule has 2 rings (SSSR count). The monoisotopic (exact) mass is 239 g/mol. The molecule has 1 aliphatic heterocycles. The molecule has 5 heteroatoms. The van der Waals surface area contributed by atoms with E-state index in [2.05, 4.69) is 15.6 Å². The second-order valence-corrected chi connectivity index (χ2v) is 5.13. The Morgan fingerprint density at radius 1 is 1.69 bits per heavy atom. The van der Waals surface area contributed by atoms with Crippen molar-refractivity contribution in [2.24, 2.45) is 5.92 Å². The van der Waals surface area contributed by atoms with Gasteiger partial charge < -0.3 is 10.6 Å². The van der Waals surface area contributed by atoms with E-state index in [0.29, 0.717) is 18.9 Å². The third-order valence-corrected chi connectivity index (χ3v) is 3.60. The average Bonchev–Trinajstić information content (AvgIpc) is 2.81. The fourth-order valence-corrected chi connectivity index (χ4v) is 2.48. The van der Waals surface area contributed by atoms with E-state index in [1.165, 1.54) is 12.8 Å². The van der Waals surface area contributed by atoms with Gasteiger partial charge >= 0.3 is 0 Å². The first-order valence-corrected chi connectivity index (χ1v) is 6.57. The van der Waals surface area contributed by atoms with E-state index >= 15 is 0 Å². The molecule has 1 unspecified atom stereocenters. The first-order chi connectivity index (χ1) is 7.84. The highest BCUT2D eigenvalue weighted by atomic mass is 32.1. The second-order valence-electron chi connectivity index (χ2n) is 4.16. The molecule has 0 radical (unpaired) electrons. The van der Waals surface area contributed by atoms with Crippen molar-refractivity contribution in [3.63, 3.8) is 0 Å². The van der Waals surface area contributed by atoms with Crippen LogP contribution >= 0.6 is 11.3 Å². The van der Waals surface area contributed by atoms with E-state index < -0.39 is 0 Å². The van der Waals surface area contributed by atoms with Crippen LogP contribution in [0.5, 0.6) is 0 Å². The second kappa shape index (κ2) is 5.96. The zero-order valence-electron chi connectivity index (χ0n) is 9.24. The van der Waals surface area contributed by atoms with Gasteiger partial charge in [0.05, 0.1) is 12.1 Å². The first-order valence-electron chi connectivity index (χ1n) is 5.69. The van der Waals surface area contributed by atoms with Crippen LogP contribution in [-0.4, -0.2) is 24.0 Å². The molecule has 0 spiro atoms. The smallest absolute Gasteiger partial charge is 0.220 e. The Bertz CT molecular complexity index is 320. The lowest BCUT2D eigenvalue weighted by molar-refractivity contribution is -0.122. The van der Waals surface area contributed by atoms with E-state index in [4.69, 9.17) is 0 Å². The van der Waals surface area contributed by atoms with Crippen molar-refractivity contribution in [1.82, 2.24) is 15.6 Å². The Morgan fingerprint density at radius 2 is 2.62 bits per heavy atom. The van der Waals surface area contributed by atoms with Gasteiger partial charge in [-0.15, -0.1) is 11.3 Å². The molecule has 1 fully saturated rings. The summed E-state index contributed by atoms with van der Waals surface area (Å²) in [5, 5.41) is 6.26. The Balaban J connectivity index is 1.67. The Hall–Kier alpha value is -0.940. The summed E-state index contributed by atoms with van der Waals surface area (Å²) in [4.78, 5) is 16.7. The molecule has 2 N–H and O–H groups in total. The fraction of sp³-hybridized carbons (Fsp3) is 0.636. The molecule has 2 heterocycles. The van der Waals surface area contributed by atoms with Crippen LogP contribution in [0, 0.1) is 5.92 Å². The summed E-state index contributed by atoms with van der Waals surface area (Å²) in [7, 11) is 0. The maximum atomic E-state index is 11.7. The van der Waals surface area contributed by atoms with Crippen LogP contribution in [0.15, 0.2) is 11.7 Å². The molecule has 1 atom stereocenters. The lowest BCUT2D eigenvalue weighted by Gasteiger charge is -2.21. The third kappa shape index (κ3) is 3.57. The predicted molar refractivity (Wildman–Crippen MR) is 64.2 cm³/mol. The molecule has 1 amide bonds. The van der Waals surface area contributed by atoms with Crippen LogP contribution < -0.4 is 10.6 Å². The molecule has 0 saturated carbocycles. The van der Waals surface area contributed by atoms with Crippen molar-refractivity contribution < 1.29 is 4.79 Å². The van der Waals surface area contributed by atoms with Gasteiger partial charge in [0, 0.05) is 17.5 Å². The van der Waals surface area contributed by atoms with E-state index in [9.17, 15) is 4.79 Å². The van der Waals surface area contributed by atoms with Gasteiger partial charge in [-0.1, -0.05) is 0 Å². The average molecular weight is 239 g/mol. The van der Waals surface area contributed by atoms with Crippen LogP contribution in [0.1, 0.15) is 24.1 Å². The van der Waals surface area contributed by atoms with Crippen LogP contribution in [0.3, 0.4) is 0 Å². The normalized spacial score (nSPS) is 20.6. The molecule has 16 heavy (non-hydrogen) atoms. The quantitative estimate of drug-likeness (QED) is 0.828. The molecular formula is C11H17N3OS. The van der Waals surface area contributed by atoms with Crippen molar-refractivity contribution in [3.8, 4) is 0 Å². The van der Waals surface area contributed by atoms with Crippen molar-refractivity contribution in [2.45, 2.75) is 25.8 Å². The SMILES string of the molecule is O=C(CC1CCCNC1)NCc1cncs1. The van der Waals surface area contributed by atoms with Crippen molar-refractivity contribution in [2.75, 3.05) is 13.1 Å². The largest absolute Gasteiger partial charge is 0.351 e. The number of hydrogen-bond donors (Lipinski definition) is 2. The highest BCUT2D eigenvalue weighted by Crippen LogP contribution is 2.13. The minimum atomic E-state index is 0.155. The van der Waals surface area contributed by atoms with Gasteiger partial charge in [-0.05, 0) is 31.8 Å². The molecule has 0 aromatic carbocycles. The highest BCUT2D eigenvalue weighted by molar-refractivity contribution is 7.09. The Labute approximate surface area is 99.5 Å². The van der Waals surface area contributed by atoms with Crippen LogP contribution in [-0.2, 0) is 11.3 Å². The summed E-state index contributed by atoms with van der Waals surface area (Å²) in [6.07, 6.45) is 4.80. The summed E-state index contributed by atoms with van der Waals surface area (Å²) in [5.74, 6) is 0.664. The number of nitrogens with zero attached hydrogens (tertiary/aromatic N) is 1. The molecule has 1 aromatic rings. The highest BCUT2D eigenvalue weighted by Gasteiger charge is 2.16. The number of piperidine rings is 1. The lowest BCUT2D eigenvalue weighted by atomic mass is 9.96. The Morgan fingerprint density at radius 3 is 3.31 bits per heavy atom. The van der Waals surface area contributed by atoms with Gasteiger partial charge in [-0.3, -0.25) is 9.78 Å². The predicted octanol–water partition coefficient (Wildman–Crippen LogP) is 1.15. The summed E-state index contributed by atoms with van der Waals surface area (Å²) in [5.41, 5.74) is 1.78. The topological polar surface area (TPSA) is 54.0 Å². The number of aromatic nitrogens is 1. The van der Waals surface area contributed by atoms with Crippen molar-refractivity contribution in [3.05, 3.63) is 16.6 Å². The maximum absolute atomic E-state index is 11.7. The lowest BCUT2D eigenvalue weighted by Crippen LogP contribution is -2.33. The number of carbonyl (C=O) groups is 1. The van der Waals surface area contributed by atoms with Crippen LogP contribution in [0.2, 0.25) is 0 Å².